The number of hydrogen-bond acceptors (Lipinski definition) is 5. The predicted molar refractivity (Wildman–Crippen MR) is 101 cm³/mol. The zero-order valence-corrected chi connectivity index (χ0v) is 16.0. The van der Waals surface area contributed by atoms with Gasteiger partial charge in [-0.1, -0.05) is 18.2 Å². The minimum Gasteiger partial charge on any atom is -0.419 e. The summed E-state index contributed by atoms with van der Waals surface area (Å²) < 4.78 is 7.56. The van der Waals surface area contributed by atoms with Gasteiger partial charge in [-0.3, -0.25) is 4.68 Å². The monoisotopic (exact) mass is 368 g/mol. The average Bonchev–Trinajstić information content (AvgIpc) is 3.26. The zero-order valence-electron chi connectivity index (χ0n) is 16.0. The molecule has 2 heterocycles. The van der Waals surface area contributed by atoms with Gasteiger partial charge < -0.3 is 14.6 Å². The van der Waals surface area contributed by atoms with Gasteiger partial charge in [0.05, 0.1) is 11.7 Å². The number of hydrogen-bond donors (Lipinski definition) is 1. The van der Waals surface area contributed by atoms with Crippen LogP contribution >= 0.6 is 0 Å². The molecule has 142 valence electrons. The third-order valence-electron chi connectivity index (χ3n) is 4.22. The summed E-state index contributed by atoms with van der Waals surface area (Å²) in [6.07, 6.45) is 0. The van der Waals surface area contributed by atoms with Crippen LogP contribution in [-0.2, 0) is 6.54 Å². The number of carbonyl (C=O) groups is 1. The number of aromatic nitrogens is 4. The Kier molecular flexibility index (Phi) is 5.54. The highest BCUT2D eigenvalue weighted by atomic mass is 16.4. The van der Waals surface area contributed by atoms with Crippen molar-refractivity contribution in [2.45, 2.75) is 33.4 Å². The highest BCUT2D eigenvalue weighted by Gasteiger charge is 2.16. The van der Waals surface area contributed by atoms with Crippen molar-refractivity contribution in [2.24, 2.45) is 0 Å². The molecule has 0 radical (unpaired) electrons. The van der Waals surface area contributed by atoms with Gasteiger partial charge in [-0.2, -0.15) is 5.10 Å². The number of benzene rings is 1. The molecule has 0 aliphatic carbocycles. The lowest BCUT2D eigenvalue weighted by Crippen LogP contribution is -2.39. The lowest BCUT2D eigenvalue weighted by molar-refractivity contribution is 0.200. The van der Waals surface area contributed by atoms with Gasteiger partial charge in [0, 0.05) is 24.8 Å². The topological polar surface area (TPSA) is 89.1 Å². The van der Waals surface area contributed by atoms with Gasteiger partial charge >= 0.3 is 6.03 Å². The molecule has 8 nitrogen and oxygen atoms in total. The smallest absolute Gasteiger partial charge is 0.317 e. The molecule has 0 saturated heterocycles. The first-order chi connectivity index (χ1) is 12.9. The lowest BCUT2D eigenvalue weighted by atomic mass is 10.2. The quantitative estimate of drug-likeness (QED) is 0.722. The fraction of sp³-hybridized carbons (Fsp3) is 0.368. The van der Waals surface area contributed by atoms with Crippen molar-refractivity contribution in [1.82, 2.24) is 30.2 Å². The molecule has 3 aromatic rings. The summed E-state index contributed by atoms with van der Waals surface area (Å²) in [6.45, 7) is 6.69. The summed E-state index contributed by atoms with van der Waals surface area (Å²) >= 11 is 0. The summed E-state index contributed by atoms with van der Waals surface area (Å²) in [5.74, 6) is 0.829. The first-order valence-corrected chi connectivity index (χ1v) is 8.83. The summed E-state index contributed by atoms with van der Waals surface area (Å²) in [6, 6.07) is 11.4. The molecular weight excluding hydrogens is 344 g/mol. The van der Waals surface area contributed by atoms with Gasteiger partial charge in [0.15, 0.2) is 0 Å². The maximum atomic E-state index is 12.3. The van der Waals surface area contributed by atoms with Crippen LogP contribution in [0.25, 0.3) is 11.5 Å². The number of urea groups is 1. The number of amides is 2. The molecule has 1 aromatic carbocycles. The number of carbonyl (C=O) groups excluding carboxylic acids is 1. The number of aryl methyl sites for hydroxylation is 2. The van der Waals surface area contributed by atoms with Gasteiger partial charge in [0.2, 0.25) is 11.8 Å². The SMILES string of the molecule is Cc1cc(C)n([C@H](C)CNC(=O)N(C)Cc2nnc(-c3ccccc3)o2)n1. The third-order valence-corrected chi connectivity index (χ3v) is 4.22. The Labute approximate surface area is 158 Å². The number of rotatable bonds is 6. The lowest BCUT2D eigenvalue weighted by Gasteiger charge is -2.19. The molecule has 0 aliphatic heterocycles. The standard InChI is InChI=1S/C19H24N6O2/c1-13-10-14(2)25(23-13)15(3)11-20-19(26)24(4)12-17-21-22-18(27-17)16-8-6-5-7-9-16/h5-10,15H,11-12H2,1-4H3,(H,20,26)/t15-/m1/s1. The fourth-order valence-electron chi connectivity index (χ4n) is 2.84. The van der Waals surface area contributed by atoms with Crippen LogP contribution in [0.15, 0.2) is 40.8 Å². The Morgan fingerprint density at radius 1 is 1.26 bits per heavy atom. The number of nitrogens with zero attached hydrogens (tertiary/aromatic N) is 5. The minimum atomic E-state index is -0.206. The van der Waals surface area contributed by atoms with E-state index in [1.165, 1.54) is 4.90 Å². The second-order valence-electron chi connectivity index (χ2n) is 6.63. The molecule has 0 saturated carbocycles. The van der Waals surface area contributed by atoms with Crippen LogP contribution in [0.5, 0.6) is 0 Å². The van der Waals surface area contributed by atoms with Crippen LogP contribution in [-0.4, -0.2) is 44.5 Å². The van der Waals surface area contributed by atoms with Gasteiger partial charge in [0.1, 0.15) is 6.54 Å². The Morgan fingerprint density at radius 3 is 2.67 bits per heavy atom. The summed E-state index contributed by atoms with van der Waals surface area (Å²) in [5.41, 5.74) is 2.89. The first kappa shape index (κ1) is 18.6. The van der Waals surface area contributed by atoms with E-state index in [0.717, 1.165) is 17.0 Å². The van der Waals surface area contributed by atoms with E-state index in [2.05, 4.69) is 20.6 Å². The van der Waals surface area contributed by atoms with Crippen LogP contribution in [0.4, 0.5) is 4.79 Å². The molecular formula is C19H24N6O2. The van der Waals surface area contributed by atoms with Crippen LogP contribution < -0.4 is 5.32 Å². The second kappa shape index (κ2) is 8.03. The molecule has 0 fully saturated rings. The van der Waals surface area contributed by atoms with Crippen molar-refractivity contribution >= 4 is 6.03 Å². The highest BCUT2D eigenvalue weighted by molar-refractivity contribution is 5.73. The van der Waals surface area contributed by atoms with E-state index in [4.69, 9.17) is 4.42 Å². The Morgan fingerprint density at radius 2 is 2.00 bits per heavy atom. The van der Waals surface area contributed by atoms with E-state index in [9.17, 15) is 4.79 Å². The highest BCUT2D eigenvalue weighted by Crippen LogP contribution is 2.17. The van der Waals surface area contributed by atoms with E-state index < -0.39 is 0 Å². The minimum absolute atomic E-state index is 0.0594. The molecule has 8 heteroatoms. The van der Waals surface area contributed by atoms with E-state index in [0.29, 0.717) is 18.3 Å². The molecule has 1 N–H and O–H groups in total. The fourth-order valence-corrected chi connectivity index (χ4v) is 2.84. The maximum absolute atomic E-state index is 12.3. The van der Waals surface area contributed by atoms with Crippen molar-refractivity contribution in [3.05, 3.63) is 53.7 Å². The summed E-state index contributed by atoms with van der Waals surface area (Å²) in [5, 5.41) is 15.4. The molecule has 0 aliphatic rings. The molecule has 0 bridgehead atoms. The Hall–Kier alpha value is -3.16. The first-order valence-electron chi connectivity index (χ1n) is 8.83. The third kappa shape index (κ3) is 4.52. The zero-order chi connectivity index (χ0) is 19.4. The van der Waals surface area contributed by atoms with E-state index in [-0.39, 0.29) is 18.6 Å². The summed E-state index contributed by atoms with van der Waals surface area (Å²) in [7, 11) is 1.69. The van der Waals surface area contributed by atoms with Gasteiger partial charge in [-0.05, 0) is 39.0 Å². The normalized spacial score (nSPS) is 12.0. The van der Waals surface area contributed by atoms with Crippen LogP contribution in [0.1, 0.15) is 30.2 Å². The van der Waals surface area contributed by atoms with Crippen molar-refractivity contribution in [3.8, 4) is 11.5 Å². The molecule has 2 amide bonds. The van der Waals surface area contributed by atoms with Crippen molar-refractivity contribution in [2.75, 3.05) is 13.6 Å². The molecule has 27 heavy (non-hydrogen) atoms. The Bertz CT molecular complexity index is 902. The molecule has 0 spiro atoms. The molecule has 3 rings (SSSR count). The molecule has 2 aromatic heterocycles. The van der Waals surface area contributed by atoms with Crippen LogP contribution in [0, 0.1) is 13.8 Å². The average molecular weight is 368 g/mol. The maximum Gasteiger partial charge on any atom is 0.317 e. The van der Waals surface area contributed by atoms with E-state index in [1.54, 1.807) is 7.05 Å². The summed E-state index contributed by atoms with van der Waals surface area (Å²) in [4.78, 5) is 13.9. The van der Waals surface area contributed by atoms with Gasteiger partial charge in [-0.15, -0.1) is 10.2 Å². The van der Waals surface area contributed by atoms with Gasteiger partial charge in [0.25, 0.3) is 0 Å². The van der Waals surface area contributed by atoms with E-state index in [1.807, 2.05) is 61.9 Å². The predicted octanol–water partition coefficient (Wildman–Crippen LogP) is 2.95. The van der Waals surface area contributed by atoms with Crippen LogP contribution in [0.2, 0.25) is 0 Å². The van der Waals surface area contributed by atoms with Crippen molar-refractivity contribution in [1.29, 1.82) is 0 Å². The van der Waals surface area contributed by atoms with Gasteiger partial charge in [-0.25, -0.2) is 4.79 Å². The van der Waals surface area contributed by atoms with Crippen LogP contribution in [0.3, 0.4) is 0 Å². The van der Waals surface area contributed by atoms with Crippen molar-refractivity contribution in [3.63, 3.8) is 0 Å². The van der Waals surface area contributed by atoms with Crippen molar-refractivity contribution < 1.29 is 9.21 Å². The molecule has 0 unspecified atom stereocenters. The number of nitrogens with one attached hydrogen (secondary N) is 1. The van der Waals surface area contributed by atoms with E-state index >= 15 is 0 Å². The second-order valence-corrected chi connectivity index (χ2v) is 6.63. The Balaban J connectivity index is 1.53. The largest absolute Gasteiger partial charge is 0.419 e. The molecule has 1 atom stereocenters.